The van der Waals surface area contributed by atoms with E-state index in [0.717, 1.165) is 5.56 Å². The predicted octanol–water partition coefficient (Wildman–Crippen LogP) is 5.93. The minimum Gasteiger partial charge on any atom is -0.493 e. The Morgan fingerprint density at radius 1 is 1.10 bits per heavy atom. The highest BCUT2D eigenvalue weighted by atomic mass is 35.5. The molecular formula is C31H25ClN2O5. The topological polar surface area (TPSA) is 97.6 Å². The van der Waals surface area contributed by atoms with Crippen LogP contribution in [-0.2, 0) is 16.1 Å². The first-order valence-corrected chi connectivity index (χ1v) is 12.8. The largest absolute Gasteiger partial charge is 0.493 e. The molecule has 0 aromatic heterocycles. The zero-order valence-corrected chi connectivity index (χ0v) is 22.4. The molecule has 1 aliphatic heterocycles. The second-order valence-electron chi connectivity index (χ2n) is 9.07. The van der Waals surface area contributed by atoms with Crippen LogP contribution in [0.3, 0.4) is 0 Å². The van der Waals surface area contributed by atoms with Crippen molar-refractivity contribution in [2.75, 3.05) is 13.7 Å². The van der Waals surface area contributed by atoms with Crippen LogP contribution in [-0.4, -0.2) is 25.5 Å². The molecule has 1 atom stereocenters. The fourth-order valence-corrected chi connectivity index (χ4v) is 5.37. The molecule has 0 radical (unpaired) electrons. The number of fused-ring (bicyclic) bond motifs is 2. The van der Waals surface area contributed by atoms with Crippen molar-refractivity contribution in [3.8, 4) is 17.6 Å². The lowest BCUT2D eigenvalue weighted by Gasteiger charge is -2.29. The van der Waals surface area contributed by atoms with Gasteiger partial charge in [-0.3, -0.25) is 4.79 Å². The third kappa shape index (κ3) is 4.53. The fraction of sp³-hybridized carbons (Fsp3) is 0.194. The number of Topliss-reactive ketones (excluding diaryl/α,β-unsaturated/α-hetero) is 1. The van der Waals surface area contributed by atoms with Gasteiger partial charge >= 0.3 is 5.97 Å². The third-order valence-corrected chi connectivity index (χ3v) is 7.12. The smallest absolute Gasteiger partial charge is 0.336 e. The van der Waals surface area contributed by atoms with Gasteiger partial charge in [-0.25, -0.2) is 4.79 Å². The van der Waals surface area contributed by atoms with Gasteiger partial charge in [-0.05, 0) is 37.6 Å². The maximum atomic E-state index is 13.7. The molecule has 8 heteroatoms. The number of esters is 1. The summed E-state index contributed by atoms with van der Waals surface area (Å²) in [6.45, 7) is 3.81. The minimum atomic E-state index is -0.750. The molecule has 1 heterocycles. The van der Waals surface area contributed by atoms with Gasteiger partial charge in [-0.15, -0.1) is 0 Å². The van der Waals surface area contributed by atoms with Crippen LogP contribution in [0.2, 0.25) is 5.02 Å². The van der Waals surface area contributed by atoms with Crippen LogP contribution in [0.25, 0.3) is 5.70 Å². The van der Waals surface area contributed by atoms with Crippen molar-refractivity contribution in [1.29, 1.82) is 5.26 Å². The molecular weight excluding hydrogens is 516 g/mol. The minimum absolute atomic E-state index is 0.0999. The van der Waals surface area contributed by atoms with Crippen LogP contribution >= 0.6 is 11.6 Å². The average Bonchev–Trinajstić information content (AvgIpc) is 3.22. The number of rotatable bonds is 7. The van der Waals surface area contributed by atoms with Gasteiger partial charge in [0.2, 0.25) is 0 Å². The van der Waals surface area contributed by atoms with Crippen molar-refractivity contribution in [2.45, 2.75) is 26.4 Å². The van der Waals surface area contributed by atoms with Crippen molar-refractivity contribution < 1.29 is 23.8 Å². The summed E-state index contributed by atoms with van der Waals surface area (Å²) in [4.78, 5) is 26.9. The second kappa shape index (κ2) is 10.7. The highest BCUT2D eigenvalue weighted by Gasteiger charge is 2.43. The first kappa shape index (κ1) is 26.1. The Hall–Kier alpha value is -4.54. The van der Waals surface area contributed by atoms with Crippen LogP contribution in [0.4, 0.5) is 0 Å². The number of hydrogen-bond donors (Lipinski definition) is 1. The monoisotopic (exact) mass is 540 g/mol. The van der Waals surface area contributed by atoms with E-state index in [1.165, 1.54) is 7.11 Å². The van der Waals surface area contributed by atoms with E-state index in [9.17, 15) is 14.9 Å². The number of carbonyl (C=O) groups excluding carboxylic acids is 2. The number of ketones is 1. The Kier molecular flexibility index (Phi) is 7.14. The van der Waals surface area contributed by atoms with Gasteiger partial charge < -0.3 is 19.5 Å². The Balaban J connectivity index is 1.61. The summed E-state index contributed by atoms with van der Waals surface area (Å²) in [6, 6.07) is 20.0. The maximum Gasteiger partial charge on any atom is 0.336 e. The molecule has 3 aromatic rings. The summed E-state index contributed by atoms with van der Waals surface area (Å²) in [7, 11) is 1.49. The number of nitriles is 1. The zero-order valence-electron chi connectivity index (χ0n) is 21.6. The lowest BCUT2D eigenvalue weighted by Crippen LogP contribution is -2.29. The number of dihydropyridines is 1. The maximum absolute atomic E-state index is 13.7. The summed E-state index contributed by atoms with van der Waals surface area (Å²) in [6.07, 6.45) is 0. The number of benzene rings is 3. The molecule has 2 aliphatic rings. The molecule has 1 N–H and O–H groups in total. The van der Waals surface area contributed by atoms with E-state index in [1.54, 1.807) is 50.2 Å². The predicted molar refractivity (Wildman–Crippen MR) is 146 cm³/mol. The van der Waals surface area contributed by atoms with E-state index in [2.05, 4.69) is 11.4 Å². The molecule has 5 rings (SSSR count). The molecule has 0 bridgehead atoms. The van der Waals surface area contributed by atoms with Crippen molar-refractivity contribution in [2.24, 2.45) is 0 Å². The van der Waals surface area contributed by atoms with E-state index < -0.39 is 11.9 Å². The van der Waals surface area contributed by atoms with Gasteiger partial charge in [0.15, 0.2) is 17.3 Å². The molecule has 0 saturated heterocycles. The van der Waals surface area contributed by atoms with Crippen LogP contribution < -0.4 is 14.8 Å². The molecule has 196 valence electrons. The number of nitrogens with zero attached hydrogens (tertiary/aromatic N) is 1. The van der Waals surface area contributed by atoms with Gasteiger partial charge in [0.05, 0.1) is 41.6 Å². The molecule has 3 aromatic carbocycles. The Morgan fingerprint density at radius 2 is 1.82 bits per heavy atom. The molecule has 39 heavy (non-hydrogen) atoms. The number of ether oxygens (including phenoxy) is 3. The van der Waals surface area contributed by atoms with Crippen LogP contribution in [0, 0.1) is 11.3 Å². The highest BCUT2D eigenvalue weighted by Crippen LogP contribution is 2.49. The Bertz CT molecular complexity index is 1620. The van der Waals surface area contributed by atoms with Gasteiger partial charge in [-0.2, -0.15) is 5.26 Å². The third-order valence-electron chi connectivity index (χ3n) is 6.84. The Labute approximate surface area is 231 Å². The van der Waals surface area contributed by atoms with E-state index in [1.807, 2.05) is 24.3 Å². The average molecular weight is 541 g/mol. The fourth-order valence-electron chi connectivity index (χ4n) is 5.09. The summed E-state index contributed by atoms with van der Waals surface area (Å²) in [5, 5.41) is 12.9. The SMILES string of the molecule is CCOC(=O)C1=C(C)NC2=C(C(=O)c3ccccc32)[C@@H]1c1cc(Cl)c(OCc2ccccc2C#N)c(OC)c1. The summed E-state index contributed by atoms with van der Waals surface area (Å²) >= 11 is 6.75. The van der Waals surface area contributed by atoms with Crippen molar-refractivity contribution in [3.63, 3.8) is 0 Å². The van der Waals surface area contributed by atoms with Crippen molar-refractivity contribution in [3.05, 3.63) is 110 Å². The van der Waals surface area contributed by atoms with Crippen molar-refractivity contribution in [1.82, 2.24) is 5.32 Å². The number of hydrogen-bond acceptors (Lipinski definition) is 7. The number of methoxy groups -OCH3 is 1. The zero-order chi connectivity index (χ0) is 27.7. The summed E-state index contributed by atoms with van der Waals surface area (Å²) in [5.74, 6) is -0.822. The number of nitrogens with one attached hydrogen (secondary N) is 1. The summed E-state index contributed by atoms with van der Waals surface area (Å²) in [5.41, 5.74) is 5.14. The molecule has 1 aliphatic carbocycles. The van der Waals surface area contributed by atoms with E-state index in [0.29, 0.717) is 56.3 Å². The molecule has 0 fully saturated rings. The number of halogens is 1. The number of carbonyl (C=O) groups is 2. The van der Waals surface area contributed by atoms with Gasteiger partial charge in [0, 0.05) is 33.9 Å². The standard InChI is InChI=1S/C31H25ClN2O5/c1-4-38-31(36)25-17(2)34-28-21-11-7-8-12-22(21)29(35)27(28)26(25)20-13-23(32)30(24(14-20)37-3)39-16-19-10-6-5-9-18(19)15-33/h5-14,26,34H,4,16H2,1-3H3/t26-/m1/s1. The lowest BCUT2D eigenvalue weighted by molar-refractivity contribution is -0.138. The normalized spacial score (nSPS) is 15.8. The van der Waals surface area contributed by atoms with Crippen LogP contribution in [0.15, 0.2) is 77.5 Å². The summed E-state index contributed by atoms with van der Waals surface area (Å²) < 4.78 is 17.1. The molecule has 0 saturated carbocycles. The van der Waals surface area contributed by atoms with Crippen LogP contribution in [0.5, 0.6) is 11.5 Å². The second-order valence-corrected chi connectivity index (χ2v) is 9.48. The van der Waals surface area contributed by atoms with E-state index >= 15 is 0 Å². The van der Waals surface area contributed by atoms with E-state index in [-0.39, 0.29) is 24.0 Å². The lowest BCUT2D eigenvalue weighted by atomic mass is 9.79. The van der Waals surface area contributed by atoms with Gasteiger partial charge in [0.25, 0.3) is 0 Å². The first-order valence-electron chi connectivity index (χ1n) is 12.4. The van der Waals surface area contributed by atoms with E-state index in [4.69, 9.17) is 25.8 Å². The molecule has 7 nitrogen and oxygen atoms in total. The Morgan fingerprint density at radius 3 is 2.54 bits per heavy atom. The molecule has 0 spiro atoms. The first-order chi connectivity index (χ1) is 18.9. The van der Waals surface area contributed by atoms with Gasteiger partial charge in [-0.1, -0.05) is 54.1 Å². The quantitative estimate of drug-likeness (QED) is 0.371. The van der Waals surface area contributed by atoms with Crippen LogP contribution in [0.1, 0.15) is 52.4 Å². The highest BCUT2D eigenvalue weighted by molar-refractivity contribution is 6.32. The van der Waals surface area contributed by atoms with Gasteiger partial charge in [0.1, 0.15) is 6.61 Å². The number of allylic oxidation sites excluding steroid dienone is 2. The molecule has 0 amide bonds. The molecule has 0 unspecified atom stereocenters. The van der Waals surface area contributed by atoms with Crippen molar-refractivity contribution >= 4 is 29.1 Å².